The smallest absolute Gasteiger partial charge is 0.101 e. The summed E-state index contributed by atoms with van der Waals surface area (Å²) in [5.41, 5.74) is 2.95. The fourth-order valence-electron chi connectivity index (χ4n) is 1.22. The first-order chi connectivity index (χ1) is 6.19. The monoisotopic (exact) mass is 174 g/mol. The van der Waals surface area contributed by atoms with Crippen molar-refractivity contribution in [3.63, 3.8) is 0 Å². The lowest BCUT2D eigenvalue weighted by molar-refractivity contribution is 0.964. The third-order valence-electron chi connectivity index (χ3n) is 2.16. The summed E-state index contributed by atoms with van der Waals surface area (Å²) in [6.45, 7) is 5.02. The van der Waals surface area contributed by atoms with Crippen LogP contribution >= 0.6 is 0 Å². The van der Waals surface area contributed by atoms with E-state index >= 15 is 0 Å². The maximum absolute atomic E-state index is 8.88. The van der Waals surface area contributed by atoms with Gasteiger partial charge in [0.1, 0.15) is 6.07 Å². The SMILES string of the molecule is CCN(C)c1cc(C)ccc1C#N. The number of benzene rings is 1. The van der Waals surface area contributed by atoms with E-state index in [2.05, 4.69) is 17.9 Å². The standard InChI is InChI=1S/C11H14N2/c1-4-13(3)11-7-9(2)5-6-10(11)8-12/h5-7H,4H2,1-3H3. The van der Waals surface area contributed by atoms with E-state index in [1.165, 1.54) is 5.56 Å². The second kappa shape index (κ2) is 3.95. The van der Waals surface area contributed by atoms with Gasteiger partial charge < -0.3 is 4.90 Å². The number of hydrogen-bond acceptors (Lipinski definition) is 2. The number of rotatable bonds is 2. The van der Waals surface area contributed by atoms with Gasteiger partial charge in [0.15, 0.2) is 0 Å². The zero-order chi connectivity index (χ0) is 9.84. The topological polar surface area (TPSA) is 27.0 Å². The van der Waals surface area contributed by atoms with Crippen molar-refractivity contribution in [1.82, 2.24) is 0 Å². The van der Waals surface area contributed by atoms with Crippen LogP contribution in [0.2, 0.25) is 0 Å². The highest BCUT2D eigenvalue weighted by molar-refractivity contribution is 5.60. The molecule has 0 radical (unpaired) electrons. The van der Waals surface area contributed by atoms with Crippen LogP contribution in [0.15, 0.2) is 18.2 Å². The van der Waals surface area contributed by atoms with E-state index in [0.29, 0.717) is 0 Å². The maximum Gasteiger partial charge on any atom is 0.101 e. The largest absolute Gasteiger partial charge is 0.374 e. The van der Waals surface area contributed by atoms with Gasteiger partial charge in [0.25, 0.3) is 0 Å². The predicted molar refractivity (Wildman–Crippen MR) is 54.8 cm³/mol. The van der Waals surface area contributed by atoms with E-state index in [0.717, 1.165) is 17.8 Å². The van der Waals surface area contributed by atoms with Crippen molar-refractivity contribution >= 4 is 5.69 Å². The predicted octanol–water partition coefficient (Wildman–Crippen LogP) is 2.32. The minimum absolute atomic E-state index is 0.745. The van der Waals surface area contributed by atoms with Gasteiger partial charge in [0.2, 0.25) is 0 Å². The van der Waals surface area contributed by atoms with Crippen molar-refractivity contribution < 1.29 is 0 Å². The Morgan fingerprint density at radius 1 is 1.46 bits per heavy atom. The molecule has 13 heavy (non-hydrogen) atoms. The van der Waals surface area contributed by atoms with Crippen molar-refractivity contribution in [2.75, 3.05) is 18.5 Å². The molecule has 0 amide bonds. The van der Waals surface area contributed by atoms with E-state index in [4.69, 9.17) is 5.26 Å². The zero-order valence-corrected chi connectivity index (χ0v) is 8.33. The molecule has 0 bridgehead atoms. The molecule has 0 aliphatic heterocycles. The van der Waals surface area contributed by atoms with Crippen LogP contribution in [0.5, 0.6) is 0 Å². The molecule has 2 heteroatoms. The fourth-order valence-corrected chi connectivity index (χ4v) is 1.22. The number of nitrogens with zero attached hydrogens (tertiary/aromatic N) is 2. The highest BCUT2D eigenvalue weighted by atomic mass is 15.1. The average Bonchev–Trinajstić information content (AvgIpc) is 2.16. The molecule has 0 fully saturated rings. The van der Waals surface area contributed by atoms with E-state index in [-0.39, 0.29) is 0 Å². The molecule has 0 aliphatic carbocycles. The van der Waals surface area contributed by atoms with Crippen LogP contribution in [0.25, 0.3) is 0 Å². The van der Waals surface area contributed by atoms with Crippen molar-refractivity contribution in [1.29, 1.82) is 5.26 Å². The number of hydrogen-bond donors (Lipinski definition) is 0. The van der Waals surface area contributed by atoms with Crippen molar-refractivity contribution in [2.45, 2.75) is 13.8 Å². The molecule has 0 heterocycles. The summed E-state index contributed by atoms with van der Waals surface area (Å²) in [5.74, 6) is 0. The molecule has 68 valence electrons. The quantitative estimate of drug-likeness (QED) is 0.688. The molecule has 0 saturated heterocycles. The Balaban J connectivity index is 3.17. The molecule has 0 aromatic heterocycles. The van der Waals surface area contributed by atoms with Crippen LogP contribution < -0.4 is 4.90 Å². The lowest BCUT2D eigenvalue weighted by Crippen LogP contribution is -2.17. The van der Waals surface area contributed by atoms with Crippen LogP contribution in [0, 0.1) is 18.3 Å². The van der Waals surface area contributed by atoms with Crippen LogP contribution in [0.4, 0.5) is 5.69 Å². The Bertz CT molecular complexity index is 336. The summed E-state index contributed by atoms with van der Waals surface area (Å²) in [6.07, 6.45) is 0. The third-order valence-corrected chi connectivity index (χ3v) is 2.16. The van der Waals surface area contributed by atoms with Crippen LogP contribution in [0.1, 0.15) is 18.1 Å². The molecule has 0 spiro atoms. The molecular formula is C11H14N2. The minimum Gasteiger partial charge on any atom is -0.374 e. The van der Waals surface area contributed by atoms with Crippen molar-refractivity contribution in [3.05, 3.63) is 29.3 Å². The highest BCUT2D eigenvalue weighted by Crippen LogP contribution is 2.19. The van der Waals surface area contributed by atoms with E-state index in [1.807, 2.05) is 32.2 Å². The molecular weight excluding hydrogens is 160 g/mol. The van der Waals surface area contributed by atoms with Gasteiger partial charge in [-0.3, -0.25) is 0 Å². The van der Waals surface area contributed by atoms with E-state index in [1.54, 1.807) is 0 Å². The zero-order valence-electron chi connectivity index (χ0n) is 8.33. The Hall–Kier alpha value is -1.49. The Labute approximate surface area is 79.4 Å². The second-order valence-corrected chi connectivity index (χ2v) is 3.15. The summed E-state index contributed by atoms with van der Waals surface area (Å²) in [4.78, 5) is 2.07. The van der Waals surface area contributed by atoms with Crippen LogP contribution in [-0.4, -0.2) is 13.6 Å². The highest BCUT2D eigenvalue weighted by Gasteiger charge is 2.04. The van der Waals surface area contributed by atoms with Crippen molar-refractivity contribution in [3.8, 4) is 6.07 Å². The van der Waals surface area contributed by atoms with Gasteiger partial charge in [0.05, 0.1) is 11.3 Å². The molecule has 0 aliphatic rings. The molecule has 0 unspecified atom stereocenters. The summed E-state index contributed by atoms with van der Waals surface area (Å²) >= 11 is 0. The van der Waals surface area contributed by atoms with Gasteiger partial charge in [-0.25, -0.2) is 0 Å². The molecule has 1 aromatic carbocycles. The molecule has 0 N–H and O–H groups in total. The summed E-state index contributed by atoms with van der Waals surface area (Å²) in [6, 6.07) is 8.08. The first-order valence-corrected chi connectivity index (χ1v) is 4.41. The normalized spacial score (nSPS) is 9.38. The van der Waals surface area contributed by atoms with Crippen molar-refractivity contribution in [2.24, 2.45) is 0 Å². The first kappa shape index (κ1) is 9.60. The molecule has 1 aromatic rings. The second-order valence-electron chi connectivity index (χ2n) is 3.15. The number of aryl methyl sites for hydroxylation is 1. The summed E-state index contributed by atoms with van der Waals surface area (Å²) < 4.78 is 0. The van der Waals surface area contributed by atoms with Crippen LogP contribution in [0.3, 0.4) is 0 Å². The minimum atomic E-state index is 0.745. The number of nitriles is 1. The maximum atomic E-state index is 8.88. The van der Waals surface area contributed by atoms with Gasteiger partial charge in [-0.1, -0.05) is 6.07 Å². The molecule has 2 nitrogen and oxygen atoms in total. The molecule has 0 saturated carbocycles. The van der Waals surface area contributed by atoms with Gasteiger partial charge in [-0.2, -0.15) is 5.26 Å². The van der Waals surface area contributed by atoms with E-state index < -0.39 is 0 Å². The Kier molecular flexibility index (Phi) is 2.92. The van der Waals surface area contributed by atoms with E-state index in [9.17, 15) is 0 Å². The third kappa shape index (κ3) is 2.00. The first-order valence-electron chi connectivity index (χ1n) is 4.41. The van der Waals surface area contributed by atoms with Gasteiger partial charge in [0, 0.05) is 13.6 Å². The molecule has 1 rings (SSSR count). The average molecular weight is 174 g/mol. The molecule has 0 atom stereocenters. The Morgan fingerprint density at radius 2 is 2.15 bits per heavy atom. The van der Waals surface area contributed by atoms with Crippen LogP contribution in [-0.2, 0) is 0 Å². The summed E-state index contributed by atoms with van der Waals surface area (Å²) in [7, 11) is 2.00. The number of anilines is 1. The lowest BCUT2D eigenvalue weighted by atomic mass is 10.1. The summed E-state index contributed by atoms with van der Waals surface area (Å²) in [5, 5.41) is 8.88. The van der Waals surface area contributed by atoms with Gasteiger partial charge >= 0.3 is 0 Å². The van der Waals surface area contributed by atoms with Gasteiger partial charge in [-0.05, 0) is 31.5 Å². The lowest BCUT2D eigenvalue weighted by Gasteiger charge is -2.18. The fraction of sp³-hybridized carbons (Fsp3) is 0.364. The van der Waals surface area contributed by atoms with Gasteiger partial charge in [-0.15, -0.1) is 0 Å². The Morgan fingerprint density at radius 3 is 2.69 bits per heavy atom.